The van der Waals surface area contributed by atoms with Gasteiger partial charge in [0.25, 0.3) is 0 Å². The van der Waals surface area contributed by atoms with Crippen molar-refractivity contribution in [3.8, 4) is 0 Å². The molecule has 0 unspecified atom stereocenters. The Morgan fingerprint density at radius 3 is 2.60 bits per heavy atom. The predicted molar refractivity (Wildman–Crippen MR) is 46.8 cm³/mol. The topological polar surface area (TPSA) is 67.6 Å². The molecule has 0 radical (unpaired) electrons. The number of nitrogens with two attached hydrogens (primary N) is 2. The van der Waals surface area contributed by atoms with Crippen molar-refractivity contribution in [1.29, 1.82) is 0 Å². The van der Waals surface area contributed by atoms with E-state index in [0.29, 0.717) is 5.17 Å². The summed E-state index contributed by atoms with van der Waals surface area (Å²) in [5, 5.41) is 3.77. The van der Waals surface area contributed by atoms with Gasteiger partial charge in [-0.1, -0.05) is 11.8 Å². The summed E-state index contributed by atoms with van der Waals surface area (Å²) in [5.74, 6) is 5.85. The first-order valence-corrected chi connectivity index (χ1v) is 3.96. The number of hydrogen-bond acceptors (Lipinski definition) is 4. The maximum atomic E-state index is 5.33. The Hall–Kier alpha value is -0.420. The van der Waals surface area contributed by atoms with Gasteiger partial charge >= 0.3 is 0 Å². The first-order chi connectivity index (χ1) is 4.66. The molecule has 0 aliphatic heterocycles. The van der Waals surface area contributed by atoms with Gasteiger partial charge in [0, 0.05) is 12.3 Å². The van der Waals surface area contributed by atoms with E-state index in [0.717, 1.165) is 12.3 Å². The first-order valence-electron chi connectivity index (χ1n) is 2.97. The average Bonchev–Trinajstić information content (AvgIpc) is 1.87. The maximum absolute atomic E-state index is 5.33. The Kier molecular flexibility index (Phi) is 5.15. The molecule has 0 bridgehead atoms. The highest BCUT2D eigenvalue weighted by Gasteiger charge is 1.93. The molecule has 0 aliphatic carbocycles. The van der Waals surface area contributed by atoms with Crippen molar-refractivity contribution in [2.75, 3.05) is 26.4 Å². The Morgan fingerprint density at radius 1 is 1.60 bits per heavy atom. The molecule has 5 heteroatoms. The summed E-state index contributed by atoms with van der Waals surface area (Å²) in [6, 6.07) is 0. The lowest BCUT2D eigenvalue weighted by Crippen LogP contribution is -2.18. The molecule has 0 heterocycles. The van der Waals surface area contributed by atoms with Crippen molar-refractivity contribution >= 4 is 16.9 Å². The van der Waals surface area contributed by atoms with Gasteiger partial charge in [-0.05, 0) is 14.1 Å². The van der Waals surface area contributed by atoms with Crippen LogP contribution in [-0.4, -0.2) is 36.5 Å². The number of thioether (sulfide) groups is 1. The SMILES string of the molecule is CN(C)CCSC(N)=NN. The van der Waals surface area contributed by atoms with Gasteiger partial charge in [-0.15, -0.1) is 0 Å². The Morgan fingerprint density at radius 2 is 2.20 bits per heavy atom. The zero-order valence-corrected chi connectivity index (χ0v) is 7.19. The molecule has 0 aromatic heterocycles. The minimum Gasteiger partial charge on any atom is -0.377 e. The van der Waals surface area contributed by atoms with Gasteiger partial charge < -0.3 is 16.5 Å². The zero-order valence-electron chi connectivity index (χ0n) is 6.37. The molecule has 0 spiro atoms. The molecule has 0 aromatic rings. The Bertz CT molecular complexity index is 112. The van der Waals surface area contributed by atoms with Crippen LogP contribution in [-0.2, 0) is 0 Å². The fourth-order valence-electron chi connectivity index (χ4n) is 0.370. The van der Waals surface area contributed by atoms with Gasteiger partial charge in [0.1, 0.15) is 0 Å². The quantitative estimate of drug-likeness (QED) is 0.253. The van der Waals surface area contributed by atoms with Crippen LogP contribution < -0.4 is 11.6 Å². The van der Waals surface area contributed by atoms with Crippen molar-refractivity contribution in [3.63, 3.8) is 0 Å². The summed E-state index contributed by atoms with van der Waals surface area (Å²) >= 11 is 1.47. The molecule has 4 nitrogen and oxygen atoms in total. The fraction of sp³-hybridized carbons (Fsp3) is 0.800. The normalized spacial score (nSPS) is 12.5. The van der Waals surface area contributed by atoms with E-state index in [4.69, 9.17) is 11.6 Å². The molecular formula is C5H14N4S. The molecule has 0 aromatic carbocycles. The average molecular weight is 162 g/mol. The Balaban J connectivity index is 3.20. The van der Waals surface area contributed by atoms with Crippen LogP contribution in [0, 0.1) is 0 Å². The van der Waals surface area contributed by atoms with Crippen LogP contribution in [0.3, 0.4) is 0 Å². The summed E-state index contributed by atoms with van der Waals surface area (Å²) in [6.45, 7) is 0.987. The molecule has 0 rings (SSSR count). The molecule has 4 N–H and O–H groups in total. The van der Waals surface area contributed by atoms with E-state index in [9.17, 15) is 0 Å². The largest absolute Gasteiger partial charge is 0.377 e. The van der Waals surface area contributed by atoms with E-state index in [1.54, 1.807) is 0 Å². The van der Waals surface area contributed by atoms with E-state index in [-0.39, 0.29) is 0 Å². The molecule has 0 fully saturated rings. The van der Waals surface area contributed by atoms with Gasteiger partial charge in [-0.3, -0.25) is 0 Å². The summed E-state index contributed by atoms with van der Waals surface area (Å²) in [5.41, 5.74) is 5.33. The van der Waals surface area contributed by atoms with Gasteiger partial charge in [0.05, 0.1) is 0 Å². The minimum atomic E-state index is 0.446. The minimum absolute atomic E-state index is 0.446. The van der Waals surface area contributed by atoms with E-state index in [1.165, 1.54) is 11.8 Å². The van der Waals surface area contributed by atoms with Gasteiger partial charge in [-0.2, -0.15) is 5.10 Å². The standard InChI is InChI=1S/C5H14N4S/c1-9(2)3-4-10-5(6)8-7/h3-4,7H2,1-2H3,(H2,6,8). The summed E-state index contributed by atoms with van der Waals surface area (Å²) in [4.78, 5) is 2.08. The number of nitrogens with zero attached hydrogens (tertiary/aromatic N) is 2. The van der Waals surface area contributed by atoms with E-state index in [1.807, 2.05) is 14.1 Å². The van der Waals surface area contributed by atoms with Crippen LogP contribution in [0.2, 0.25) is 0 Å². The van der Waals surface area contributed by atoms with Crippen LogP contribution >= 0.6 is 11.8 Å². The summed E-state index contributed by atoms with van der Waals surface area (Å²) in [6.07, 6.45) is 0. The van der Waals surface area contributed by atoms with E-state index < -0.39 is 0 Å². The van der Waals surface area contributed by atoms with E-state index in [2.05, 4.69) is 10.0 Å². The second kappa shape index (κ2) is 5.37. The second-order valence-corrected chi connectivity index (χ2v) is 3.23. The van der Waals surface area contributed by atoms with Gasteiger partial charge in [-0.25, -0.2) is 0 Å². The molecular weight excluding hydrogens is 148 g/mol. The third-order valence-corrected chi connectivity index (χ3v) is 1.70. The first kappa shape index (κ1) is 9.58. The second-order valence-electron chi connectivity index (χ2n) is 2.12. The fourth-order valence-corrected chi connectivity index (χ4v) is 1.11. The van der Waals surface area contributed by atoms with Crippen molar-refractivity contribution < 1.29 is 0 Å². The highest BCUT2D eigenvalue weighted by Crippen LogP contribution is 1.97. The molecule has 0 saturated heterocycles. The number of hydrogen-bond donors (Lipinski definition) is 2. The predicted octanol–water partition coefficient (Wildman–Crippen LogP) is -0.530. The highest BCUT2D eigenvalue weighted by molar-refractivity contribution is 8.13. The molecule has 0 atom stereocenters. The Labute approximate surface area is 65.6 Å². The van der Waals surface area contributed by atoms with Crippen LogP contribution in [0.15, 0.2) is 5.10 Å². The van der Waals surface area contributed by atoms with Crippen LogP contribution in [0.4, 0.5) is 0 Å². The highest BCUT2D eigenvalue weighted by atomic mass is 32.2. The lowest BCUT2D eigenvalue weighted by Gasteiger charge is -2.07. The van der Waals surface area contributed by atoms with E-state index >= 15 is 0 Å². The maximum Gasteiger partial charge on any atom is 0.177 e. The lowest BCUT2D eigenvalue weighted by atomic mass is 10.7. The number of rotatable bonds is 3. The summed E-state index contributed by atoms with van der Waals surface area (Å²) in [7, 11) is 4.02. The number of hydrazone groups is 1. The van der Waals surface area contributed by atoms with Crippen molar-refractivity contribution in [2.45, 2.75) is 0 Å². The van der Waals surface area contributed by atoms with Crippen LogP contribution in [0.25, 0.3) is 0 Å². The third kappa shape index (κ3) is 5.71. The molecule has 0 aliphatic rings. The van der Waals surface area contributed by atoms with Crippen molar-refractivity contribution in [2.24, 2.45) is 16.7 Å². The van der Waals surface area contributed by atoms with Crippen LogP contribution in [0.5, 0.6) is 0 Å². The van der Waals surface area contributed by atoms with Crippen LogP contribution in [0.1, 0.15) is 0 Å². The monoisotopic (exact) mass is 162 g/mol. The smallest absolute Gasteiger partial charge is 0.177 e. The van der Waals surface area contributed by atoms with Crippen molar-refractivity contribution in [3.05, 3.63) is 0 Å². The molecule has 10 heavy (non-hydrogen) atoms. The molecule has 0 saturated carbocycles. The van der Waals surface area contributed by atoms with Gasteiger partial charge in [0.2, 0.25) is 0 Å². The summed E-state index contributed by atoms with van der Waals surface area (Å²) < 4.78 is 0. The lowest BCUT2D eigenvalue weighted by molar-refractivity contribution is 0.437. The number of amidine groups is 1. The third-order valence-electron chi connectivity index (χ3n) is 0.916. The molecule has 0 amide bonds. The molecule has 60 valence electrons. The van der Waals surface area contributed by atoms with Gasteiger partial charge in [0.15, 0.2) is 5.17 Å². The van der Waals surface area contributed by atoms with Crippen molar-refractivity contribution in [1.82, 2.24) is 4.90 Å². The zero-order chi connectivity index (χ0) is 7.98.